The van der Waals surface area contributed by atoms with E-state index in [9.17, 15) is 0 Å². The smallest absolute Gasteiger partial charge is 0.215 e. The van der Waals surface area contributed by atoms with Crippen molar-refractivity contribution in [1.29, 1.82) is 5.41 Å². The highest BCUT2D eigenvalue weighted by atomic mass is 35.5. The van der Waals surface area contributed by atoms with Gasteiger partial charge in [0, 0.05) is 28.6 Å². The van der Waals surface area contributed by atoms with Crippen molar-refractivity contribution < 1.29 is 0 Å². The number of nitrogens with zero attached hydrogens (tertiary/aromatic N) is 4. The van der Waals surface area contributed by atoms with Gasteiger partial charge in [0.25, 0.3) is 0 Å². The van der Waals surface area contributed by atoms with Crippen molar-refractivity contribution in [3.63, 3.8) is 0 Å². The number of rotatable bonds is 5. The molecule has 0 saturated heterocycles. The Morgan fingerprint density at radius 3 is 3.00 bits per heavy atom. The number of benzene rings is 1. The second kappa shape index (κ2) is 7.16. The van der Waals surface area contributed by atoms with E-state index in [0.717, 1.165) is 21.7 Å². The van der Waals surface area contributed by atoms with Crippen molar-refractivity contribution in [2.75, 3.05) is 5.32 Å². The van der Waals surface area contributed by atoms with E-state index in [0.29, 0.717) is 15.2 Å². The zero-order valence-electron chi connectivity index (χ0n) is 12.7. The van der Waals surface area contributed by atoms with Crippen LogP contribution < -0.4 is 5.32 Å². The SMILES string of the molecule is C=CNc1scc(-c2cccc(Cl)c2)c1C(=N)Sc1nnnn1C. The van der Waals surface area contributed by atoms with Gasteiger partial charge >= 0.3 is 0 Å². The van der Waals surface area contributed by atoms with Gasteiger partial charge < -0.3 is 5.32 Å². The molecule has 0 atom stereocenters. The molecule has 0 amide bonds. The predicted molar refractivity (Wildman–Crippen MR) is 100 cm³/mol. The molecule has 0 aliphatic carbocycles. The number of hydrogen-bond acceptors (Lipinski definition) is 7. The summed E-state index contributed by atoms with van der Waals surface area (Å²) in [6.45, 7) is 3.70. The summed E-state index contributed by atoms with van der Waals surface area (Å²) in [6, 6.07) is 7.57. The van der Waals surface area contributed by atoms with Gasteiger partial charge in [0.2, 0.25) is 5.16 Å². The third kappa shape index (κ3) is 3.35. The fraction of sp³-hybridized carbons (Fsp3) is 0.0667. The fourth-order valence-electron chi connectivity index (χ4n) is 2.10. The molecule has 0 bridgehead atoms. The van der Waals surface area contributed by atoms with Crippen LogP contribution in [0.2, 0.25) is 5.02 Å². The third-order valence-electron chi connectivity index (χ3n) is 3.16. The number of thioether (sulfide) groups is 1. The van der Waals surface area contributed by atoms with E-state index in [1.165, 1.54) is 27.8 Å². The highest BCUT2D eigenvalue weighted by Crippen LogP contribution is 2.39. The summed E-state index contributed by atoms with van der Waals surface area (Å²) < 4.78 is 1.53. The van der Waals surface area contributed by atoms with Crippen LogP contribution >= 0.6 is 34.7 Å². The van der Waals surface area contributed by atoms with Crippen molar-refractivity contribution in [1.82, 2.24) is 20.2 Å². The summed E-state index contributed by atoms with van der Waals surface area (Å²) >= 11 is 8.82. The maximum Gasteiger partial charge on any atom is 0.215 e. The van der Waals surface area contributed by atoms with Gasteiger partial charge in [0.1, 0.15) is 10.0 Å². The molecule has 2 heterocycles. The summed E-state index contributed by atoms with van der Waals surface area (Å²) in [6.07, 6.45) is 1.60. The van der Waals surface area contributed by atoms with Crippen LogP contribution in [0.25, 0.3) is 11.1 Å². The van der Waals surface area contributed by atoms with Crippen LogP contribution in [-0.2, 0) is 7.05 Å². The molecule has 0 unspecified atom stereocenters. The highest BCUT2D eigenvalue weighted by Gasteiger charge is 2.20. The molecule has 2 N–H and O–H groups in total. The van der Waals surface area contributed by atoms with Crippen molar-refractivity contribution in [2.45, 2.75) is 5.16 Å². The number of hydrogen-bond donors (Lipinski definition) is 2. The summed E-state index contributed by atoms with van der Waals surface area (Å²) in [5.41, 5.74) is 2.65. The van der Waals surface area contributed by atoms with Crippen molar-refractivity contribution in [2.24, 2.45) is 7.05 Å². The quantitative estimate of drug-likeness (QED) is 0.395. The van der Waals surface area contributed by atoms with Crippen molar-refractivity contribution >= 4 is 44.7 Å². The molecule has 0 aliphatic rings. The fourth-order valence-corrected chi connectivity index (χ4v) is 4.07. The van der Waals surface area contributed by atoms with Crippen LogP contribution in [0.4, 0.5) is 5.00 Å². The minimum atomic E-state index is 0.341. The van der Waals surface area contributed by atoms with Gasteiger partial charge in [-0.3, -0.25) is 5.41 Å². The second-order valence-corrected chi connectivity index (χ2v) is 7.02. The van der Waals surface area contributed by atoms with Crippen LogP contribution in [0.15, 0.2) is 47.6 Å². The standard InChI is InChI=1S/C15H13ClN6S2/c1-3-18-14-12(13(17)24-15-19-20-21-22(15)2)11(8-23-14)9-5-4-6-10(16)7-9/h3-8,17-18H,1H2,2H3. The molecule has 1 aromatic carbocycles. The molecule has 0 radical (unpaired) electrons. The van der Waals surface area contributed by atoms with Gasteiger partial charge in [0.15, 0.2) is 0 Å². The number of anilines is 1. The Labute approximate surface area is 152 Å². The Bertz CT molecular complexity index is 901. The molecule has 122 valence electrons. The number of nitrogens with one attached hydrogen (secondary N) is 2. The largest absolute Gasteiger partial charge is 0.354 e. The predicted octanol–water partition coefficient (Wildman–Crippen LogP) is 4.27. The van der Waals surface area contributed by atoms with E-state index >= 15 is 0 Å². The van der Waals surface area contributed by atoms with E-state index in [2.05, 4.69) is 27.4 Å². The first-order valence-electron chi connectivity index (χ1n) is 6.84. The van der Waals surface area contributed by atoms with Crippen LogP contribution in [0, 0.1) is 5.41 Å². The first kappa shape index (κ1) is 16.7. The number of aryl methyl sites for hydroxylation is 1. The molecule has 3 aromatic rings. The Kier molecular flexibility index (Phi) is 4.98. The Morgan fingerprint density at radius 1 is 1.50 bits per heavy atom. The van der Waals surface area contributed by atoms with Gasteiger partial charge in [-0.25, -0.2) is 4.68 Å². The first-order chi connectivity index (χ1) is 11.6. The van der Waals surface area contributed by atoms with Gasteiger partial charge in [0.05, 0.1) is 0 Å². The molecule has 0 spiro atoms. The molecule has 6 nitrogen and oxygen atoms in total. The van der Waals surface area contributed by atoms with Crippen LogP contribution in [0.5, 0.6) is 0 Å². The highest BCUT2D eigenvalue weighted by molar-refractivity contribution is 8.14. The van der Waals surface area contributed by atoms with Crippen LogP contribution in [-0.4, -0.2) is 25.3 Å². The first-order valence-corrected chi connectivity index (χ1v) is 8.91. The molecule has 0 saturated carbocycles. The average molecular weight is 377 g/mol. The van der Waals surface area contributed by atoms with Gasteiger partial charge in [-0.05, 0) is 46.1 Å². The van der Waals surface area contributed by atoms with Gasteiger partial charge in [-0.2, -0.15) is 0 Å². The number of halogens is 1. The molecule has 9 heteroatoms. The lowest BCUT2D eigenvalue weighted by atomic mass is 10.0. The molecule has 24 heavy (non-hydrogen) atoms. The van der Waals surface area contributed by atoms with E-state index < -0.39 is 0 Å². The average Bonchev–Trinajstić information content (AvgIpc) is 3.15. The minimum absolute atomic E-state index is 0.341. The lowest BCUT2D eigenvalue weighted by molar-refractivity contribution is 0.665. The monoisotopic (exact) mass is 376 g/mol. The number of aromatic nitrogens is 4. The van der Waals surface area contributed by atoms with E-state index in [-0.39, 0.29) is 0 Å². The molecular weight excluding hydrogens is 364 g/mol. The Balaban J connectivity index is 2.04. The molecule has 2 aromatic heterocycles. The van der Waals surface area contributed by atoms with Gasteiger partial charge in [-0.15, -0.1) is 16.4 Å². The van der Waals surface area contributed by atoms with Crippen molar-refractivity contribution in [3.8, 4) is 11.1 Å². The number of tetrazole rings is 1. The molecule has 0 fully saturated rings. The normalized spacial score (nSPS) is 10.6. The summed E-state index contributed by atoms with van der Waals surface area (Å²) in [5.74, 6) is 0. The van der Waals surface area contributed by atoms with E-state index in [1.54, 1.807) is 13.2 Å². The van der Waals surface area contributed by atoms with Crippen LogP contribution in [0.1, 0.15) is 5.56 Å². The summed E-state index contributed by atoms with van der Waals surface area (Å²) in [4.78, 5) is 0. The van der Waals surface area contributed by atoms with E-state index in [4.69, 9.17) is 17.0 Å². The lowest BCUT2D eigenvalue weighted by Gasteiger charge is -2.09. The zero-order chi connectivity index (χ0) is 17.1. The number of thiophene rings is 1. The van der Waals surface area contributed by atoms with Crippen molar-refractivity contribution in [3.05, 3.63) is 53.0 Å². The molecular formula is C15H13ClN6S2. The lowest BCUT2D eigenvalue weighted by Crippen LogP contribution is -2.01. The third-order valence-corrected chi connectivity index (χ3v) is 5.24. The topological polar surface area (TPSA) is 79.5 Å². The van der Waals surface area contributed by atoms with Crippen LogP contribution in [0.3, 0.4) is 0 Å². The zero-order valence-corrected chi connectivity index (χ0v) is 15.0. The molecule has 3 rings (SSSR count). The molecule has 0 aliphatic heterocycles. The van der Waals surface area contributed by atoms with Gasteiger partial charge in [-0.1, -0.05) is 30.3 Å². The maximum absolute atomic E-state index is 8.54. The minimum Gasteiger partial charge on any atom is -0.354 e. The van der Waals surface area contributed by atoms with E-state index in [1.807, 2.05) is 29.6 Å². The Morgan fingerprint density at radius 2 is 2.33 bits per heavy atom. The Hall–Kier alpha value is -2.16. The maximum atomic E-state index is 8.54. The summed E-state index contributed by atoms with van der Waals surface area (Å²) in [5, 5.41) is 27.3. The summed E-state index contributed by atoms with van der Waals surface area (Å²) in [7, 11) is 1.74. The second-order valence-electron chi connectivity index (χ2n) is 4.73.